The zero-order valence-corrected chi connectivity index (χ0v) is 73.6. The van der Waals surface area contributed by atoms with Gasteiger partial charge in [-0.15, -0.1) is 45.9 Å². The second-order valence-electron chi connectivity index (χ2n) is 32.1. The molecule has 0 spiro atoms. The van der Waals surface area contributed by atoms with E-state index in [0.29, 0.717) is 42.8 Å². The fourth-order valence-corrected chi connectivity index (χ4v) is 20.4. The number of thiazole rings is 2. The molecule has 2 aromatic carbocycles. The highest BCUT2D eigenvalue weighted by Gasteiger charge is 2.69. The van der Waals surface area contributed by atoms with E-state index in [4.69, 9.17) is 105 Å². The van der Waals surface area contributed by atoms with E-state index in [-0.39, 0.29) is 125 Å². The molecule has 2 aromatic heterocycles. The largest absolute Gasteiger partial charge is 0.535 e. The number of rotatable bonds is 20. The number of halogens is 5. The van der Waals surface area contributed by atoms with E-state index in [0.717, 1.165) is 33.1 Å². The summed E-state index contributed by atoms with van der Waals surface area (Å²) >= 11 is 26.2. The fraction of sp³-hybridized carbons (Fsp3) is 0.642. The minimum Gasteiger partial charge on any atom is -0.535 e. The lowest BCUT2D eigenvalue weighted by Crippen LogP contribution is -2.65. The number of methoxy groups -OCH3 is 1. The number of carbonyl (C=O) groups excluding carboxylic acids is 5. The molecule has 7 aliphatic rings. The summed E-state index contributed by atoms with van der Waals surface area (Å²) in [5, 5.41) is 23.5. The first-order valence-corrected chi connectivity index (χ1v) is 48.1. The van der Waals surface area contributed by atoms with Crippen LogP contribution >= 0.6 is 80.3 Å². The van der Waals surface area contributed by atoms with Gasteiger partial charge in [0.2, 0.25) is 28.8 Å². The number of esters is 1. The summed E-state index contributed by atoms with van der Waals surface area (Å²) < 4.78 is 112. The number of alkyl halides is 2. The van der Waals surface area contributed by atoms with Crippen LogP contribution in [-0.4, -0.2) is 182 Å². The number of aromatic carboxylic acids is 1. The van der Waals surface area contributed by atoms with Crippen molar-refractivity contribution in [3.63, 3.8) is 0 Å². The summed E-state index contributed by atoms with van der Waals surface area (Å²) in [4.78, 5) is 88.5. The Morgan fingerprint density at radius 2 is 1.28 bits per heavy atom. The molecule has 2 bridgehead atoms. The number of ketones is 2. The molecule has 4 aliphatic heterocycles. The topological polar surface area (TPSA) is 359 Å². The normalized spacial score (nSPS) is 22.5. The lowest BCUT2D eigenvalue weighted by molar-refractivity contribution is -0.199. The summed E-state index contributed by atoms with van der Waals surface area (Å²) in [6.45, 7) is 33.0. The molecule has 4 aromatic rings. The molecule has 3 aliphatic carbocycles. The summed E-state index contributed by atoms with van der Waals surface area (Å²) in [7, 11) is -15.0. The number of Topliss-reactive ketones (excluding diaryl/α,β-unsaturated/α-hetero) is 2. The van der Waals surface area contributed by atoms with Gasteiger partial charge in [-0.1, -0.05) is 88.6 Å². The highest BCUT2D eigenvalue weighted by molar-refractivity contribution is 7.87. The van der Waals surface area contributed by atoms with Gasteiger partial charge in [-0.05, 0) is 150 Å². The number of nitrogen functional groups attached to an aromatic ring is 1. The molecule has 6 fully saturated rings. The SMILES string of the molecule is CC(C)(C)[Si](C)(C)ON1CCCN(C(=O)OC(C(=O)C[C@H]2Cc3cccc(C(=O)O)c3OB2O)c2csc(N)n2)S1(=O)=O.COc1c(C[C@H](CC(=O)C(OC(=O)N2CCCN(O[Si](C)(C)C(C)(C)C)S2(=O)=O)c2csc(C)n2)B2O[C@@H]3C[C@@H]4C[C@@H](C4(C)C)[C@]3(C)O2)cccc1C(=O)OC(C)(C)C.ClB(Cl)Cl.ClCCl. The van der Waals surface area contributed by atoms with Gasteiger partial charge in [0, 0.05) is 61.4 Å². The Hall–Kier alpha value is -4.38. The van der Waals surface area contributed by atoms with E-state index in [1.165, 1.54) is 36.0 Å². The number of para-hydroxylation sites is 2. The third-order valence-electron chi connectivity index (χ3n) is 21.0. The summed E-state index contributed by atoms with van der Waals surface area (Å²) in [6.07, 6.45) is -3.68. The number of anilines is 1. The van der Waals surface area contributed by atoms with Crippen LogP contribution in [0.4, 0.5) is 14.7 Å². The van der Waals surface area contributed by atoms with Crippen molar-refractivity contribution in [2.75, 3.05) is 44.4 Å². The van der Waals surface area contributed by atoms with Gasteiger partial charge in [0.15, 0.2) is 16.7 Å². The molecule has 2 amide bonds. The number of hydrogen-bond acceptors (Lipinski definition) is 25. The number of carboxylic acid groups (broad SMARTS) is 1. The molecule has 3 saturated carbocycles. The zero-order valence-electron chi connectivity index (χ0n) is 64.5. The average Bonchev–Trinajstić information content (AvgIpc) is 1.64. The highest BCUT2D eigenvalue weighted by atomic mass is 35.6. The quantitative estimate of drug-likeness (QED) is 0.0320. The van der Waals surface area contributed by atoms with Crippen molar-refractivity contribution in [3.05, 3.63) is 85.8 Å². The first-order chi connectivity index (χ1) is 50.3. The summed E-state index contributed by atoms with van der Waals surface area (Å²) in [5.74, 6) is -3.40. The Balaban J connectivity index is 0.000000291. The van der Waals surface area contributed by atoms with Crippen molar-refractivity contribution in [2.24, 2.45) is 17.3 Å². The first kappa shape index (κ1) is 91.8. The molecule has 3 saturated heterocycles. The molecule has 6 heterocycles. The lowest BCUT2D eigenvalue weighted by Gasteiger charge is -2.64. The van der Waals surface area contributed by atoms with Crippen LogP contribution in [0.1, 0.15) is 182 Å². The molecular weight excluding hydrogens is 1630 g/mol. The Bertz CT molecular complexity index is 4170. The number of amides is 2. The van der Waals surface area contributed by atoms with Gasteiger partial charge in [-0.2, -0.15) is 59.8 Å². The van der Waals surface area contributed by atoms with E-state index in [2.05, 4.69) is 30.7 Å². The van der Waals surface area contributed by atoms with E-state index in [1.807, 2.05) is 73.8 Å². The number of fused-ring (bicyclic) bond motifs is 1. The maximum Gasteiger partial charge on any atom is 0.526 e. The number of ether oxygens (including phenoxy) is 4. The van der Waals surface area contributed by atoms with Gasteiger partial charge < -0.3 is 57.8 Å². The molecule has 4 N–H and O–H groups in total. The minimum absolute atomic E-state index is 0.00409. The number of nitrogens with zero attached hydrogens (tertiary/aromatic N) is 6. The zero-order chi connectivity index (χ0) is 81.9. The number of hydroxylamine groups is 2. The van der Waals surface area contributed by atoms with Gasteiger partial charge in [0.05, 0.1) is 40.4 Å². The Morgan fingerprint density at radius 1 is 0.771 bits per heavy atom. The van der Waals surface area contributed by atoms with E-state index in [9.17, 15) is 55.7 Å². The van der Waals surface area contributed by atoms with Crippen LogP contribution in [0.3, 0.4) is 0 Å². The van der Waals surface area contributed by atoms with Crippen molar-refractivity contribution < 1.29 is 97.7 Å². The van der Waals surface area contributed by atoms with Crippen molar-refractivity contribution in [3.8, 4) is 11.5 Å². The summed E-state index contributed by atoms with van der Waals surface area (Å²) in [6, 6.07) is 9.70. The number of aryl methyl sites for hydroxylation is 1. The molecule has 109 heavy (non-hydrogen) atoms. The van der Waals surface area contributed by atoms with Crippen molar-refractivity contribution >= 4 is 177 Å². The Kier molecular flexibility index (Phi) is 30.5. The van der Waals surface area contributed by atoms with Crippen molar-refractivity contribution in [1.29, 1.82) is 0 Å². The van der Waals surface area contributed by atoms with E-state index < -0.39 is 127 Å². The molecule has 28 nitrogen and oxygen atoms in total. The maximum absolute atomic E-state index is 14.8. The van der Waals surface area contributed by atoms with Gasteiger partial charge in [-0.3, -0.25) is 9.59 Å². The van der Waals surface area contributed by atoms with Crippen LogP contribution in [-0.2, 0) is 75.4 Å². The second kappa shape index (κ2) is 36.2. The van der Waals surface area contributed by atoms with Crippen molar-refractivity contribution in [1.82, 2.24) is 27.5 Å². The number of aromatic nitrogens is 2. The van der Waals surface area contributed by atoms with Crippen molar-refractivity contribution in [2.45, 2.75) is 219 Å². The standard InChI is InChI=1S/C41H62BN3O11S2Si.C25H35BN4O10S2Si.CH2Cl2.BCl3/c1-25-43-30(24-57-25)35(52-37(48)44-18-15-19-45(58(44,49)50)56-59(12,13)39(5,6)7)31(46)23-28(42-54-33-22-27-21-32(40(27,8)9)41(33,10)55-42)20-26-16-14-17-29(34(26)51-11)36(47)53-38(2,3)4;1-25(2,3)43(4,5)40-30-11-7-10-29(42(30,36)37)24(34)38-21(18-14-41-23(27)28-18)19(31)13-16-12-15-8-6-9-17(22(32)33)20(15)39-26(16)35;2-1-3;2-1(3)4/h14,16-17,24,27-28,32-33,35H,15,18-23H2,1-13H3;6,8-9,14,16,21,35H,7,10-13H2,1-5H3,(H2,27,28)(H,32,33);1H2;/t27-,28+,32-,33+,35?,41-;16-,21?;;/m01../s1. The van der Waals surface area contributed by atoms with Gasteiger partial charge >= 0.3 is 63.7 Å². The molecule has 604 valence electrons. The third-order valence-corrected chi connectivity index (χ3v) is 34.7. The predicted molar refractivity (Wildman–Crippen MR) is 427 cm³/mol. The lowest BCUT2D eigenvalue weighted by atomic mass is 9.43. The number of carbonyl (C=O) groups is 6. The van der Waals surface area contributed by atoms with Crippen LogP contribution in [0.2, 0.25) is 47.9 Å². The molecule has 2 unspecified atom stereocenters. The van der Waals surface area contributed by atoms with Crippen LogP contribution in [0, 0.1) is 24.2 Å². The van der Waals surface area contributed by atoms with E-state index in [1.54, 1.807) is 51.3 Å². The van der Waals surface area contributed by atoms with Gasteiger partial charge in [0.25, 0.3) is 0 Å². The first-order valence-electron chi connectivity index (χ1n) is 35.3. The molecule has 8 atom stereocenters. The van der Waals surface area contributed by atoms with Gasteiger partial charge in [0.1, 0.15) is 28.4 Å². The second-order valence-corrected chi connectivity index (χ2v) is 49.7. The predicted octanol–water partition coefficient (Wildman–Crippen LogP) is 14.4. The molecule has 11 rings (SSSR count). The third kappa shape index (κ3) is 21.8. The number of nitrogens with two attached hydrogens (primary N) is 1. The summed E-state index contributed by atoms with van der Waals surface area (Å²) in [5.41, 5.74) is 5.91. The Morgan fingerprint density at radius 3 is 1.74 bits per heavy atom. The van der Waals surface area contributed by atoms with E-state index >= 15 is 0 Å². The minimum atomic E-state index is -4.46. The molecular formula is C67H99B3Cl5N7O21S4Si2. The molecule has 42 heteroatoms. The number of benzene rings is 2. The monoisotopic (exact) mass is 1730 g/mol. The highest BCUT2D eigenvalue weighted by Crippen LogP contribution is 2.66. The van der Waals surface area contributed by atoms with Crippen LogP contribution in [0.15, 0.2) is 47.2 Å². The number of hydrogen-bond donors (Lipinski definition) is 3. The maximum atomic E-state index is 14.8. The van der Waals surface area contributed by atoms with Crippen LogP contribution < -0.4 is 15.1 Å². The van der Waals surface area contributed by atoms with Crippen LogP contribution in [0.5, 0.6) is 11.5 Å². The fourth-order valence-electron chi connectivity index (χ4n) is 13.2. The Labute approximate surface area is 675 Å². The number of carboxylic acids is 1. The smallest absolute Gasteiger partial charge is 0.526 e. The van der Waals surface area contributed by atoms with Crippen LogP contribution in [0.25, 0.3) is 0 Å². The molecule has 0 radical (unpaired) electrons. The average molecular weight is 1730 g/mol. The van der Waals surface area contributed by atoms with Gasteiger partial charge in [-0.25, -0.2) is 29.1 Å².